The van der Waals surface area contributed by atoms with E-state index in [-0.39, 0.29) is 11.3 Å². The zero-order valence-corrected chi connectivity index (χ0v) is 18.3. The summed E-state index contributed by atoms with van der Waals surface area (Å²) in [5.74, 6) is 3.33. The number of rotatable bonds is 5. The molecule has 7 atom stereocenters. The minimum Gasteiger partial charge on any atom is -0.390 e. The lowest BCUT2D eigenvalue weighted by atomic mass is 9.51. The van der Waals surface area contributed by atoms with Crippen molar-refractivity contribution in [1.82, 2.24) is 5.32 Å². The predicted molar refractivity (Wildman–Crippen MR) is 117 cm³/mol. The van der Waals surface area contributed by atoms with E-state index in [0.29, 0.717) is 24.2 Å². The molecule has 0 aromatic carbocycles. The Balaban J connectivity index is 1.47. The first-order chi connectivity index (χ1) is 13.7. The highest BCUT2D eigenvalue weighted by molar-refractivity contribution is 5.84. The van der Waals surface area contributed by atoms with Crippen LogP contribution in [0.15, 0.2) is 23.4 Å². The first kappa shape index (κ1) is 20.8. The van der Waals surface area contributed by atoms with Gasteiger partial charge in [-0.3, -0.25) is 4.79 Å². The summed E-state index contributed by atoms with van der Waals surface area (Å²) in [7, 11) is 0. The molecule has 4 aliphatic carbocycles. The van der Waals surface area contributed by atoms with E-state index in [1.54, 1.807) is 6.08 Å². The van der Waals surface area contributed by atoms with Crippen molar-refractivity contribution < 1.29 is 9.90 Å². The van der Waals surface area contributed by atoms with Gasteiger partial charge in [0.2, 0.25) is 0 Å². The highest BCUT2D eigenvalue weighted by Crippen LogP contribution is 2.63. The van der Waals surface area contributed by atoms with Crippen LogP contribution in [0, 0.1) is 40.4 Å². The number of nitrogens with one attached hydrogen (secondary N) is 2. The zero-order valence-electron chi connectivity index (χ0n) is 18.3. The lowest BCUT2D eigenvalue weighted by Crippen LogP contribution is -2.48. The Morgan fingerprint density at radius 3 is 2.79 bits per heavy atom. The minimum absolute atomic E-state index is 0.143. The second-order valence-corrected chi connectivity index (χ2v) is 10.8. The average Bonchev–Trinajstić information content (AvgIpc) is 3.02. The van der Waals surface area contributed by atoms with E-state index >= 15 is 0 Å². The number of Topliss-reactive ketones (excluding diaryl/α,β-unsaturated/α-hetero) is 1. The summed E-state index contributed by atoms with van der Waals surface area (Å²) >= 11 is 0. The maximum atomic E-state index is 13.1. The monoisotopic (exact) mass is 398 g/mol. The molecule has 4 rings (SSSR count). The van der Waals surface area contributed by atoms with Crippen LogP contribution < -0.4 is 5.32 Å². The molecule has 3 N–H and O–H groups in total. The van der Waals surface area contributed by atoms with Gasteiger partial charge in [0, 0.05) is 17.8 Å². The van der Waals surface area contributed by atoms with Crippen LogP contribution in [0.4, 0.5) is 0 Å². The number of allylic oxidation sites excluding steroid dienone is 3. The van der Waals surface area contributed by atoms with Crippen molar-refractivity contribution in [3.05, 3.63) is 23.4 Å². The summed E-state index contributed by atoms with van der Waals surface area (Å²) in [6, 6.07) is 0. The molecule has 0 unspecified atom stereocenters. The molecule has 4 aliphatic rings. The molecule has 29 heavy (non-hydrogen) atoms. The molecule has 0 amide bonds. The molecule has 0 spiro atoms. The highest BCUT2D eigenvalue weighted by atomic mass is 16.3. The van der Waals surface area contributed by atoms with Crippen molar-refractivity contribution in [3.8, 4) is 0 Å². The molecule has 160 valence electrons. The Morgan fingerprint density at radius 1 is 1.24 bits per heavy atom. The Kier molecular flexibility index (Phi) is 5.52. The molecule has 3 saturated carbocycles. The second kappa shape index (κ2) is 7.68. The number of hydrogen-bond donors (Lipinski definition) is 3. The van der Waals surface area contributed by atoms with Crippen molar-refractivity contribution in [2.75, 3.05) is 6.54 Å². The lowest BCUT2D eigenvalue weighted by molar-refractivity contribution is -0.128. The lowest BCUT2D eigenvalue weighted by Gasteiger charge is -2.54. The SMILES string of the molecule is C/C(=C/C=N)NCC(=O)[C@H]1CC[C@H]2[C@@H]3CC=C4C[C@](C)(O)CC[C@@H]4[C@H]3CC[C@]12C. The maximum Gasteiger partial charge on any atom is 0.155 e. The van der Waals surface area contributed by atoms with E-state index in [9.17, 15) is 9.90 Å². The van der Waals surface area contributed by atoms with E-state index in [4.69, 9.17) is 5.41 Å². The van der Waals surface area contributed by atoms with Crippen molar-refractivity contribution in [1.29, 1.82) is 5.41 Å². The molecule has 0 aromatic heterocycles. The van der Waals surface area contributed by atoms with E-state index in [2.05, 4.69) is 18.3 Å². The molecule has 3 fully saturated rings. The first-order valence-corrected chi connectivity index (χ1v) is 11.6. The third-order valence-corrected chi connectivity index (χ3v) is 8.98. The molecule has 0 bridgehead atoms. The number of hydrogen-bond acceptors (Lipinski definition) is 4. The van der Waals surface area contributed by atoms with Crippen LogP contribution in [0.1, 0.15) is 72.1 Å². The largest absolute Gasteiger partial charge is 0.390 e. The standard InChI is InChI=1S/C25H38N2O2/c1-16(10-13-26)27-15-23(28)22-7-6-21-20-5-4-17-14-24(2,29)11-8-18(17)19(20)9-12-25(21,22)3/h4,10,13,18-22,26-27,29H,5-9,11-12,14-15H2,1-3H3/b16-10-,26-13?/t18-,19+,20+,21-,22+,24+,25-/m0/s1. The van der Waals surface area contributed by atoms with Crippen LogP contribution >= 0.6 is 0 Å². The van der Waals surface area contributed by atoms with Crippen LogP contribution in [-0.2, 0) is 4.79 Å². The van der Waals surface area contributed by atoms with Gasteiger partial charge in [-0.2, -0.15) is 0 Å². The predicted octanol–water partition coefficient (Wildman–Crippen LogP) is 4.64. The molecule has 0 aliphatic heterocycles. The van der Waals surface area contributed by atoms with Crippen LogP contribution in [0.3, 0.4) is 0 Å². The normalized spacial score (nSPS) is 44.2. The van der Waals surface area contributed by atoms with Gasteiger partial charge < -0.3 is 15.8 Å². The minimum atomic E-state index is -0.513. The Hall–Kier alpha value is -1.42. The van der Waals surface area contributed by atoms with Gasteiger partial charge in [-0.05, 0) is 100 Å². The molecule has 0 heterocycles. The molecule has 4 nitrogen and oxygen atoms in total. The van der Waals surface area contributed by atoms with Gasteiger partial charge in [0.05, 0.1) is 12.1 Å². The first-order valence-electron chi connectivity index (χ1n) is 11.6. The fourth-order valence-corrected chi connectivity index (χ4v) is 7.53. The molecule has 0 aromatic rings. The summed E-state index contributed by atoms with van der Waals surface area (Å²) in [6.45, 7) is 6.69. The van der Waals surface area contributed by atoms with E-state index in [0.717, 1.165) is 49.6 Å². The van der Waals surface area contributed by atoms with Gasteiger partial charge >= 0.3 is 0 Å². The second-order valence-electron chi connectivity index (χ2n) is 10.8. The van der Waals surface area contributed by atoms with Crippen LogP contribution in [0.5, 0.6) is 0 Å². The van der Waals surface area contributed by atoms with E-state index in [1.165, 1.54) is 31.1 Å². The van der Waals surface area contributed by atoms with Gasteiger partial charge in [0.25, 0.3) is 0 Å². The number of carbonyl (C=O) groups is 1. The number of aliphatic hydroxyl groups is 1. The number of ketones is 1. The summed E-state index contributed by atoms with van der Waals surface area (Å²) < 4.78 is 0. The summed E-state index contributed by atoms with van der Waals surface area (Å²) in [5, 5.41) is 20.9. The van der Waals surface area contributed by atoms with E-state index < -0.39 is 5.60 Å². The third-order valence-electron chi connectivity index (χ3n) is 8.98. The van der Waals surface area contributed by atoms with Crippen LogP contribution in [0.25, 0.3) is 0 Å². The molecule has 0 radical (unpaired) electrons. The Labute approximate surface area is 175 Å². The smallest absolute Gasteiger partial charge is 0.155 e. The van der Waals surface area contributed by atoms with E-state index in [1.807, 2.05) is 13.8 Å². The van der Waals surface area contributed by atoms with Gasteiger partial charge in [0.15, 0.2) is 5.78 Å². The summed E-state index contributed by atoms with van der Waals surface area (Å²) in [5.41, 5.74) is 2.04. The molecular weight excluding hydrogens is 360 g/mol. The Morgan fingerprint density at radius 2 is 2.03 bits per heavy atom. The fourth-order valence-electron chi connectivity index (χ4n) is 7.53. The highest BCUT2D eigenvalue weighted by Gasteiger charge is 2.57. The zero-order chi connectivity index (χ0) is 20.8. The van der Waals surface area contributed by atoms with Crippen molar-refractivity contribution >= 4 is 12.0 Å². The van der Waals surface area contributed by atoms with Crippen molar-refractivity contribution in [2.24, 2.45) is 35.0 Å². The summed E-state index contributed by atoms with van der Waals surface area (Å²) in [4.78, 5) is 13.1. The summed E-state index contributed by atoms with van der Waals surface area (Å²) in [6.07, 6.45) is 14.1. The molecule has 0 saturated heterocycles. The van der Waals surface area contributed by atoms with Gasteiger partial charge in [-0.25, -0.2) is 0 Å². The number of carbonyl (C=O) groups excluding carboxylic acids is 1. The third kappa shape index (κ3) is 3.73. The van der Waals surface area contributed by atoms with Crippen molar-refractivity contribution in [3.63, 3.8) is 0 Å². The molecule has 4 heteroatoms. The number of fused-ring (bicyclic) bond motifs is 5. The quantitative estimate of drug-likeness (QED) is 0.467. The molecular formula is C25H38N2O2. The Bertz CT molecular complexity index is 737. The topological polar surface area (TPSA) is 73.2 Å². The van der Waals surface area contributed by atoms with Gasteiger partial charge in [-0.15, -0.1) is 0 Å². The fraction of sp³-hybridized carbons (Fsp3) is 0.760. The van der Waals surface area contributed by atoms with Crippen molar-refractivity contribution in [2.45, 2.75) is 77.7 Å². The van der Waals surface area contributed by atoms with Crippen LogP contribution in [-0.4, -0.2) is 29.3 Å². The van der Waals surface area contributed by atoms with Gasteiger partial charge in [-0.1, -0.05) is 18.6 Å². The van der Waals surface area contributed by atoms with Crippen LogP contribution in [0.2, 0.25) is 0 Å². The van der Waals surface area contributed by atoms with Gasteiger partial charge in [0.1, 0.15) is 0 Å². The average molecular weight is 399 g/mol. The maximum absolute atomic E-state index is 13.1.